The first-order valence-electron chi connectivity index (χ1n) is 6.04. The maximum atomic E-state index is 12.1. The van der Waals surface area contributed by atoms with E-state index < -0.39 is 25.7 Å². The zero-order valence-electron chi connectivity index (χ0n) is 11.5. The van der Waals surface area contributed by atoms with Crippen molar-refractivity contribution >= 4 is 20.2 Å². The van der Waals surface area contributed by atoms with Crippen LogP contribution in [0.15, 0.2) is 23.1 Å². The Balaban J connectivity index is 3.16. The van der Waals surface area contributed by atoms with E-state index in [0.29, 0.717) is 12.0 Å². The van der Waals surface area contributed by atoms with Crippen molar-refractivity contribution in [3.05, 3.63) is 29.3 Å². The lowest BCUT2D eigenvalue weighted by Gasteiger charge is -2.15. The highest BCUT2D eigenvalue weighted by molar-refractivity contribution is 7.89. The monoisotopic (exact) mass is 322 g/mol. The van der Waals surface area contributed by atoms with Crippen LogP contribution >= 0.6 is 0 Å². The number of rotatable bonds is 6. The van der Waals surface area contributed by atoms with Crippen molar-refractivity contribution in [2.75, 3.05) is 0 Å². The van der Waals surface area contributed by atoms with E-state index in [1.807, 2.05) is 6.92 Å². The van der Waals surface area contributed by atoms with Gasteiger partial charge in [-0.3, -0.25) is 4.55 Å². The molecule has 0 heterocycles. The van der Waals surface area contributed by atoms with E-state index in [1.165, 1.54) is 6.07 Å². The van der Waals surface area contributed by atoms with Gasteiger partial charge in [-0.2, -0.15) is 16.8 Å². The molecular weight excluding hydrogens is 304 g/mol. The highest BCUT2D eigenvalue weighted by atomic mass is 32.2. The highest BCUT2D eigenvalue weighted by Crippen LogP contribution is 2.22. The molecule has 1 aromatic carbocycles. The fourth-order valence-electron chi connectivity index (χ4n) is 1.76. The average molecular weight is 322 g/mol. The number of benzene rings is 1. The fraction of sp³-hybridized carbons (Fsp3) is 0.500. The molecule has 0 fully saturated rings. The molecule has 1 N–H and O–H groups in total. The van der Waals surface area contributed by atoms with Gasteiger partial charge in [-0.15, -0.1) is 0 Å². The molecule has 0 aliphatic heterocycles. The van der Waals surface area contributed by atoms with E-state index in [4.69, 9.17) is 4.55 Å². The maximum Gasteiger partial charge on any atom is 0.298 e. The summed E-state index contributed by atoms with van der Waals surface area (Å²) in [5, 5.41) is 0. The summed E-state index contributed by atoms with van der Waals surface area (Å²) in [6.45, 7) is 5.05. The van der Waals surface area contributed by atoms with Crippen molar-refractivity contribution in [1.29, 1.82) is 0 Å². The summed E-state index contributed by atoms with van der Waals surface area (Å²) in [7, 11) is -8.84. The van der Waals surface area contributed by atoms with Crippen LogP contribution in [0.2, 0.25) is 0 Å². The first kappa shape index (κ1) is 17.1. The SMILES string of the molecule is CCCC(OS(=O)(=O)c1ccc(C)cc1C)S(=O)(=O)O. The molecule has 114 valence electrons. The van der Waals surface area contributed by atoms with Gasteiger partial charge in [0.25, 0.3) is 20.2 Å². The van der Waals surface area contributed by atoms with Crippen molar-refractivity contribution < 1.29 is 25.6 Å². The van der Waals surface area contributed by atoms with Crippen LogP contribution in [0.3, 0.4) is 0 Å². The molecule has 0 saturated carbocycles. The molecule has 0 aliphatic rings. The van der Waals surface area contributed by atoms with E-state index in [2.05, 4.69) is 4.18 Å². The van der Waals surface area contributed by atoms with E-state index in [9.17, 15) is 16.8 Å². The van der Waals surface area contributed by atoms with Crippen LogP contribution in [0, 0.1) is 13.8 Å². The molecule has 0 bridgehead atoms. The van der Waals surface area contributed by atoms with Crippen molar-refractivity contribution in [1.82, 2.24) is 0 Å². The first-order chi connectivity index (χ1) is 9.08. The van der Waals surface area contributed by atoms with Gasteiger partial charge in [0, 0.05) is 0 Å². The minimum absolute atomic E-state index is 0.104. The van der Waals surface area contributed by atoms with Crippen molar-refractivity contribution in [2.45, 2.75) is 43.9 Å². The van der Waals surface area contributed by atoms with Crippen molar-refractivity contribution in [2.24, 2.45) is 0 Å². The molecule has 6 nitrogen and oxygen atoms in total. The van der Waals surface area contributed by atoms with Crippen LogP contribution in [0.1, 0.15) is 30.9 Å². The van der Waals surface area contributed by atoms with Gasteiger partial charge in [-0.25, -0.2) is 4.18 Å². The van der Waals surface area contributed by atoms with Gasteiger partial charge in [-0.05, 0) is 31.9 Å². The van der Waals surface area contributed by atoms with E-state index in [0.717, 1.165) is 5.56 Å². The Bertz CT molecular complexity index is 676. The zero-order valence-corrected chi connectivity index (χ0v) is 13.2. The van der Waals surface area contributed by atoms with E-state index in [-0.39, 0.29) is 11.3 Å². The molecule has 0 amide bonds. The standard InChI is InChI=1S/C12H18O6S2/c1-4-5-12(19(13,14)15)18-20(16,17)11-7-6-9(2)8-10(11)3/h6-8,12H,4-5H2,1-3H3,(H,13,14,15). The average Bonchev–Trinajstić information content (AvgIpc) is 2.26. The third-order valence-corrected chi connectivity index (χ3v) is 5.29. The molecule has 0 radical (unpaired) electrons. The van der Waals surface area contributed by atoms with Crippen LogP contribution in [0.5, 0.6) is 0 Å². The van der Waals surface area contributed by atoms with Crippen LogP contribution in [-0.4, -0.2) is 26.8 Å². The van der Waals surface area contributed by atoms with Gasteiger partial charge in [0.1, 0.15) is 0 Å². The van der Waals surface area contributed by atoms with Crippen LogP contribution in [-0.2, 0) is 24.4 Å². The van der Waals surface area contributed by atoms with Gasteiger partial charge in [0.05, 0.1) is 4.90 Å². The molecule has 1 unspecified atom stereocenters. The zero-order chi connectivity index (χ0) is 15.6. The Labute approximate surface area is 119 Å². The van der Waals surface area contributed by atoms with E-state index >= 15 is 0 Å². The maximum absolute atomic E-state index is 12.1. The summed E-state index contributed by atoms with van der Waals surface area (Å²) in [5.41, 5.74) is -0.449. The Morgan fingerprint density at radius 3 is 2.25 bits per heavy atom. The molecule has 8 heteroatoms. The predicted molar refractivity (Wildman–Crippen MR) is 74.4 cm³/mol. The Morgan fingerprint density at radius 2 is 1.80 bits per heavy atom. The minimum Gasteiger partial charge on any atom is -0.284 e. The van der Waals surface area contributed by atoms with E-state index in [1.54, 1.807) is 26.0 Å². The van der Waals surface area contributed by atoms with Gasteiger partial charge in [0.2, 0.25) is 5.44 Å². The van der Waals surface area contributed by atoms with Crippen LogP contribution < -0.4 is 0 Å². The lowest BCUT2D eigenvalue weighted by atomic mass is 10.2. The fourth-order valence-corrected chi connectivity index (χ4v) is 4.17. The summed E-state index contributed by atoms with van der Waals surface area (Å²) in [4.78, 5) is -0.104. The van der Waals surface area contributed by atoms with Crippen LogP contribution in [0.4, 0.5) is 0 Å². The summed E-state index contributed by atoms with van der Waals surface area (Å²) in [6, 6.07) is 4.59. The van der Waals surface area contributed by atoms with Crippen molar-refractivity contribution in [3.63, 3.8) is 0 Å². The third-order valence-electron chi connectivity index (χ3n) is 2.69. The van der Waals surface area contributed by atoms with Gasteiger partial charge >= 0.3 is 0 Å². The van der Waals surface area contributed by atoms with Gasteiger partial charge in [0.15, 0.2) is 0 Å². The third kappa shape index (κ3) is 4.27. The number of aryl methyl sites for hydroxylation is 2. The molecule has 0 aromatic heterocycles. The highest BCUT2D eigenvalue weighted by Gasteiger charge is 2.31. The molecular formula is C12H18O6S2. The van der Waals surface area contributed by atoms with Crippen molar-refractivity contribution in [3.8, 4) is 0 Å². The molecule has 0 aliphatic carbocycles. The Hall–Kier alpha value is -0.960. The normalized spacial score (nSPS) is 14.2. The van der Waals surface area contributed by atoms with Gasteiger partial charge < -0.3 is 0 Å². The van der Waals surface area contributed by atoms with Gasteiger partial charge in [-0.1, -0.05) is 31.0 Å². The first-order valence-corrected chi connectivity index (χ1v) is 8.96. The lowest BCUT2D eigenvalue weighted by molar-refractivity contribution is 0.250. The summed E-state index contributed by atoms with van der Waals surface area (Å²) in [6.07, 6.45) is 0.246. The lowest BCUT2D eigenvalue weighted by Crippen LogP contribution is -2.27. The Morgan fingerprint density at radius 1 is 1.20 bits per heavy atom. The number of hydrogen-bond donors (Lipinski definition) is 1. The summed E-state index contributed by atoms with van der Waals surface area (Å²) < 4.78 is 60.2. The topological polar surface area (TPSA) is 97.7 Å². The minimum atomic E-state index is -4.59. The molecule has 20 heavy (non-hydrogen) atoms. The smallest absolute Gasteiger partial charge is 0.284 e. The quantitative estimate of drug-likeness (QED) is 0.635. The second-order valence-electron chi connectivity index (χ2n) is 4.55. The van der Waals surface area contributed by atoms with Crippen LogP contribution in [0.25, 0.3) is 0 Å². The molecule has 0 spiro atoms. The molecule has 1 rings (SSSR count). The second kappa shape index (κ2) is 6.21. The molecule has 1 atom stereocenters. The largest absolute Gasteiger partial charge is 0.298 e. The summed E-state index contributed by atoms with van der Waals surface area (Å²) >= 11 is 0. The predicted octanol–water partition coefficient (Wildman–Crippen LogP) is 2.02. The molecule has 1 aromatic rings. The second-order valence-corrected chi connectivity index (χ2v) is 7.65. The Kier molecular flexibility index (Phi) is 5.31. The molecule has 0 saturated heterocycles. The summed E-state index contributed by atoms with van der Waals surface area (Å²) in [5.74, 6) is 0. The number of hydrogen-bond acceptors (Lipinski definition) is 5.